The van der Waals surface area contributed by atoms with Gasteiger partial charge in [-0.15, -0.1) is 0 Å². The number of ether oxygens (including phenoxy) is 3. The number of phenols is 3. The fourth-order valence-corrected chi connectivity index (χ4v) is 4.19. The van der Waals surface area contributed by atoms with Gasteiger partial charge >= 0.3 is 0 Å². The maximum Gasteiger partial charge on any atom is 0.200 e. The van der Waals surface area contributed by atoms with Gasteiger partial charge in [0, 0.05) is 17.7 Å². The zero-order chi connectivity index (χ0) is 20.2. The summed E-state index contributed by atoms with van der Waals surface area (Å²) in [5.74, 6) is -0.324. The second-order valence-electron chi connectivity index (χ2n) is 7.09. The third-order valence-corrected chi connectivity index (χ3v) is 5.61. The molecular formula is C20H23NO7. The highest BCUT2D eigenvalue weighted by atomic mass is 16.6. The molecule has 0 radical (unpaired) electrons. The van der Waals surface area contributed by atoms with Gasteiger partial charge in [0.25, 0.3) is 0 Å². The lowest BCUT2D eigenvalue weighted by molar-refractivity contribution is -0.142. The van der Waals surface area contributed by atoms with Crippen LogP contribution in [0.25, 0.3) is 0 Å². The zero-order valence-corrected chi connectivity index (χ0v) is 15.8. The molecular weight excluding hydrogens is 366 g/mol. The van der Waals surface area contributed by atoms with E-state index in [0.717, 1.165) is 5.56 Å². The van der Waals surface area contributed by atoms with Crippen molar-refractivity contribution in [3.8, 4) is 28.7 Å². The van der Waals surface area contributed by atoms with Gasteiger partial charge in [-0.25, -0.2) is 0 Å². The van der Waals surface area contributed by atoms with Gasteiger partial charge in [-0.2, -0.15) is 0 Å². The molecule has 2 aliphatic rings. The second-order valence-corrected chi connectivity index (χ2v) is 7.09. The van der Waals surface area contributed by atoms with E-state index >= 15 is 0 Å². The van der Waals surface area contributed by atoms with Crippen LogP contribution in [0.3, 0.4) is 0 Å². The Morgan fingerprint density at radius 2 is 1.64 bits per heavy atom. The van der Waals surface area contributed by atoms with E-state index in [1.165, 1.54) is 20.3 Å². The summed E-state index contributed by atoms with van der Waals surface area (Å²) in [6, 6.07) is 4.42. The van der Waals surface area contributed by atoms with E-state index in [1.54, 1.807) is 12.1 Å². The van der Waals surface area contributed by atoms with Gasteiger partial charge in [0.05, 0.1) is 20.3 Å². The van der Waals surface area contributed by atoms with Crippen molar-refractivity contribution >= 4 is 0 Å². The maximum atomic E-state index is 10.6. The molecule has 0 aliphatic carbocycles. The van der Waals surface area contributed by atoms with E-state index in [9.17, 15) is 20.4 Å². The van der Waals surface area contributed by atoms with E-state index in [1.807, 2.05) is 11.9 Å². The number of hydrogen-bond acceptors (Lipinski definition) is 8. The summed E-state index contributed by atoms with van der Waals surface area (Å²) in [4.78, 5) is 1.99. The Bertz CT molecular complexity index is 930. The van der Waals surface area contributed by atoms with E-state index in [2.05, 4.69) is 0 Å². The normalized spacial score (nSPS) is 23.9. The predicted molar refractivity (Wildman–Crippen MR) is 98.8 cm³/mol. The largest absolute Gasteiger partial charge is 0.504 e. The van der Waals surface area contributed by atoms with Gasteiger partial charge in [-0.1, -0.05) is 0 Å². The molecule has 3 atom stereocenters. The standard InChI is InChI=1S/C20H23NO7/c1-21-5-4-9-6-12(22)17(23)18(24)15(9)16(21)19-10-7-13(26-2)14(27-3)8-11(10)20(25)28-19/h6-8,16,19-20,22-25H,4-5H2,1-3H3/t16?,19-,20?/m0/s1. The molecule has 0 bridgehead atoms. The molecule has 28 heavy (non-hydrogen) atoms. The van der Waals surface area contributed by atoms with Gasteiger partial charge in [-0.05, 0) is 42.8 Å². The molecule has 150 valence electrons. The highest BCUT2D eigenvalue weighted by Crippen LogP contribution is 2.54. The number of likely N-dealkylation sites (N-methyl/N-ethyl adjacent to an activating group) is 1. The Hall–Kier alpha value is -2.68. The second kappa shape index (κ2) is 6.73. The van der Waals surface area contributed by atoms with Crippen LogP contribution in [0.4, 0.5) is 0 Å². The molecule has 8 nitrogen and oxygen atoms in total. The molecule has 2 aromatic carbocycles. The van der Waals surface area contributed by atoms with E-state index in [0.29, 0.717) is 41.2 Å². The van der Waals surface area contributed by atoms with Crippen molar-refractivity contribution in [1.29, 1.82) is 0 Å². The number of rotatable bonds is 3. The first kappa shape index (κ1) is 18.7. The van der Waals surface area contributed by atoms with Gasteiger partial charge in [-0.3, -0.25) is 4.90 Å². The molecule has 0 spiro atoms. The summed E-state index contributed by atoms with van der Waals surface area (Å²) in [6.45, 7) is 0.653. The Kier molecular flexibility index (Phi) is 4.49. The molecule has 2 aliphatic heterocycles. The van der Waals surface area contributed by atoms with Crippen LogP contribution in [0.2, 0.25) is 0 Å². The number of phenolic OH excluding ortho intramolecular Hbond substituents is 3. The Morgan fingerprint density at radius 3 is 2.29 bits per heavy atom. The molecule has 0 fully saturated rings. The number of benzene rings is 2. The minimum absolute atomic E-state index is 0.362. The van der Waals surface area contributed by atoms with Crippen molar-refractivity contribution in [3.05, 3.63) is 40.5 Å². The molecule has 2 aromatic rings. The lowest BCUT2D eigenvalue weighted by Crippen LogP contribution is -2.36. The number of aromatic hydroxyl groups is 3. The summed E-state index contributed by atoms with van der Waals surface area (Å²) in [6.07, 6.45) is -1.19. The molecule has 0 aromatic heterocycles. The highest BCUT2D eigenvalue weighted by molar-refractivity contribution is 5.60. The summed E-state index contributed by atoms with van der Waals surface area (Å²) in [5.41, 5.74) is 2.47. The first-order chi connectivity index (χ1) is 13.4. The number of aliphatic hydroxyl groups excluding tert-OH is 1. The molecule has 2 unspecified atom stereocenters. The van der Waals surface area contributed by atoms with Crippen LogP contribution in [-0.4, -0.2) is 53.1 Å². The van der Waals surface area contributed by atoms with Crippen LogP contribution in [-0.2, 0) is 11.2 Å². The number of methoxy groups -OCH3 is 2. The van der Waals surface area contributed by atoms with E-state index in [-0.39, 0.29) is 11.5 Å². The van der Waals surface area contributed by atoms with Crippen LogP contribution in [0, 0.1) is 0 Å². The monoisotopic (exact) mass is 389 g/mol. The smallest absolute Gasteiger partial charge is 0.200 e. The minimum Gasteiger partial charge on any atom is -0.504 e. The average Bonchev–Trinajstić information content (AvgIpc) is 3.00. The number of aliphatic hydroxyl groups is 1. The summed E-state index contributed by atoms with van der Waals surface area (Å²) in [5, 5.41) is 41.0. The fraction of sp³-hybridized carbons (Fsp3) is 0.400. The van der Waals surface area contributed by atoms with Crippen molar-refractivity contribution in [3.63, 3.8) is 0 Å². The van der Waals surface area contributed by atoms with Crippen LogP contribution >= 0.6 is 0 Å². The molecule has 4 N–H and O–H groups in total. The molecule has 0 saturated carbocycles. The first-order valence-electron chi connectivity index (χ1n) is 8.93. The van der Waals surface area contributed by atoms with Crippen LogP contribution in [0.1, 0.15) is 40.7 Å². The summed E-state index contributed by atoms with van der Waals surface area (Å²) >= 11 is 0. The fourth-order valence-electron chi connectivity index (χ4n) is 4.19. The van der Waals surface area contributed by atoms with Gasteiger partial charge in [0.1, 0.15) is 6.10 Å². The summed E-state index contributed by atoms with van der Waals surface area (Å²) in [7, 11) is 4.92. The third-order valence-electron chi connectivity index (χ3n) is 5.61. The predicted octanol–water partition coefficient (Wildman–Crippen LogP) is 2.11. The van der Waals surface area contributed by atoms with Gasteiger partial charge in [0.2, 0.25) is 5.75 Å². The number of fused-ring (bicyclic) bond motifs is 2. The van der Waals surface area contributed by atoms with Crippen molar-refractivity contribution in [2.24, 2.45) is 0 Å². The SMILES string of the molecule is COc1cc2c(cc1OC)[C@@H](C1c3c(cc(O)c(O)c3O)CCN1C)OC2O. The third kappa shape index (κ3) is 2.64. The van der Waals surface area contributed by atoms with E-state index in [4.69, 9.17) is 14.2 Å². The van der Waals surface area contributed by atoms with Crippen LogP contribution in [0.15, 0.2) is 18.2 Å². The zero-order valence-electron chi connectivity index (χ0n) is 15.8. The number of hydrogen-bond donors (Lipinski definition) is 4. The molecule has 0 saturated heterocycles. The highest BCUT2D eigenvalue weighted by Gasteiger charge is 2.43. The van der Waals surface area contributed by atoms with Crippen LogP contribution in [0.5, 0.6) is 28.7 Å². The van der Waals surface area contributed by atoms with Gasteiger partial charge < -0.3 is 34.6 Å². The molecule has 0 amide bonds. The van der Waals surface area contributed by atoms with Gasteiger partial charge in [0.15, 0.2) is 29.3 Å². The molecule has 4 rings (SSSR count). The average molecular weight is 389 g/mol. The molecule has 2 heterocycles. The first-order valence-corrected chi connectivity index (χ1v) is 8.93. The lowest BCUT2D eigenvalue weighted by atomic mass is 9.85. The van der Waals surface area contributed by atoms with Crippen LogP contribution < -0.4 is 9.47 Å². The Balaban J connectivity index is 1.87. The lowest BCUT2D eigenvalue weighted by Gasteiger charge is -2.38. The van der Waals surface area contributed by atoms with Crippen molar-refractivity contribution < 1.29 is 34.6 Å². The van der Waals surface area contributed by atoms with Crippen molar-refractivity contribution in [2.45, 2.75) is 24.9 Å². The Morgan fingerprint density at radius 1 is 1.00 bits per heavy atom. The molecule has 8 heteroatoms. The Labute approximate surface area is 162 Å². The minimum atomic E-state index is -1.16. The van der Waals surface area contributed by atoms with Crippen molar-refractivity contribution in [2.75, 3.05) is 27.8 Å². The quantitative estimate of drug-likeness (QED) is 0.591. The summed E-state index contributed by atoms with van der Waals surface area (Å²) < 4.78 is 16.6. The number of nitrogens with zero attached hydrogens (tertiary/aromatic N) is 1. The van der Waals surface area contributed by atoms with E-state index < -0.39 is 24.2 Å². The maximum absolute atomic E-state index is 10.6. The topological polar surface area (TPSA) is 112 Å². The van der Waals surface area contributed by atoms with Crippen molar-refractivity contribution in [1.82, 2.24) is 4.90 Å².